The molecule has 8 heteroatoms. The van der Waals surface area contributed by atoms with Crippen LogP contribution in [0.4, 0.5) is 0 Å². The van der Waals surface area contributed by atoms with Gasteiger partial charge in [0.15, 0.2) is 0 Å². The lowest BCUT2D eigenvalue weighted by Crippen LogP contribution is -2.54. The molecule has 196 valence electrons. The van der Waals surface area contributed by atoms with Crippen molar-refractivity contribution in [3.8, 4) is 0 Å². The Kier molecular flexibility index (Phi) is 8.78. The number of carbonyl (C=O) groups is 3. The first kappa shape index (κ1) is 26.7. The minimum atomic E-state index is -0.606. The number of aliphatic hydroxyl groups excluding tert-OH is 1. The van der Waals surface area contributed by atoms with Gasteiger partial charge in [-0.3, -0.25) is 14.4 Å². The zero-order valence-electron chi connectivity index (χ0n) is 21.1. The van der Waals surface area contributed by atoms with Gasteiger partial charge >= 0.3 is 5.97 Å². The van der Waals surface area contributed by atoms with Gasteiger partial charge in [-0.05, 0) is 38.2 Å². The third-order valence-corrected chi connectivity index (χ3v) is 9.73. The maximum atomic E-state index is 14.3. The molecule has 1 spiro atoms. The first-order valence-corrected chi connectivity index (χ1v) is 14.1. The normalized spacial score (nSPS) is 28.3. The van der Waals surface area contributed by atoms with Crippen LogP contribution in [0.15, 0.2) is 43.0 Å². The Labute approximate surface area is 218 Å². The number of amides is 2. The highest BCUT2D eigenvalue weighted by Gasteiger charge is 2.74. The molecule has 2 bridgehead atoms. The van der Waals surface area contributed by atoms with Crippen molar-refractivity contribution in [2.75, 3.05) is 26.3 Å². The topological polar surface area (TPSA) is 87.2 Å². The van der Waals surface area contributed by atoms with Gasteiger partial charge in [0.05, 0.1) is 23.2 Å². The van der Waals surface area contributed by atoms with E-state index in [0.29, 0.717) is 19.6 Å². The molecule has 0 aliphatic carbocycles. The predicted octanol–water partition coefficient (Wildman–Crippen LogP) is 3.41. The number of carbonyl (C=O) groups excluding carboxylic acids is 3. The lowest BCUT2D eigenvalue weighted by Gasteiger charge is -2.37. The SMILES string of the molecule is C=CCN(Cc1ccccc1)C(=O)C1N(CCCCCCO)C(=O)[C@@H]2[C@H](C(=O)OCC)[C@@H]3CCC12S3. The molecule has 0 radical (unpaired) electrons. The number of esters is 1. The average Bonchev–Trinajstić information content (AvgIpc) is 3.51. The van der Waals surface area contributed by atoms with Gasteiger partial charge in [-0.15, -0.1) is 18.3 Å². The summed E-state index contributed by atoms with van der Waals surface area (Å²) in [6.45, 7) is 7.40. The van der Waals surface area contributed by atoms with E-state index in [1.165, 1.54) is 0 Å². The second-order valence-electron chi connectivity index (χ2n) is 9.97. The summed E-state index contributed by atoms with van der Waals surface area (Å²) < 4.78 is 4.80. The Hall–Kier alpha value is -2.32. The van der Waals surface area contributed by atoms with Crippen LogP contribution in [0.25, 0.3) is 0 Å². The highest BCUT2D eigenvalue weighted by molar-refractivity contribution is 8.02. The van der Waals surface area contributed by atoms with E-state index in [0.717, 1.165) is 44.1 Å². The number of hydrogen-bond acceptors (Lipinski definition) is 6. The van der Waals surface area contributed by atoms with Gasteiger partial charge in [0.2, 0.25) is 11.8 Å². The summed E-state index contributed by atoms with van der Waals surface area (Å²) in [6.07, 6.45) is 6.54. The molecule has 7 nitrogen and oxygen atoms in total. The van der Waals surface area contributed by atoms with E-state index in [1.807, 2.05) is 30.3 Å². The Bertz CT molecular complexity index is 957. The van der Waals surface area contributed by atoms with Crippen molar-refractivity contribution in [3.05, 3.63) is 48.6 Å². The van der Waals surface area contributed by atoms with Crippen LogP contribution < -0.4 is 0 Å². The zero-order chi connectivity index (χ0) is 25.7. The van der Waals surface area contributed by atoms with E-state index < -0.39 is 22.6 Å². The van der Waals surface area contributed by atoms with Gasteiger partial charge in [0.1, 0.15) is 6.04 Å². The average molecular weight is 515 g/mol. The lowest BCUT2D eigenvalue weighted by molar-refractivity contribution is -0.153. The van der Waals surface area contributed by atoms with Crippen LogP contribution in [-0.4, -0.2) is 75.0 Å². The molecule has 0 aromatic heterocycles. The van der Waals surface area contributed by atoms with Crippen LogP contribution in [-0.2, 0) is 25.7 Å². The highest BCUT2D eigenvalue weighted by Crippen LogP contribution is 2.66. The first-order valence-electron chi connectivity index (χ1n) is 13.2. The minimum absolute atomic E-state index is 0.0157. The summed E-state index contributed by atoms with van der Waals surface area (Å²) in [6, 6.07) is 9.25. The summed E-state index contributed by atoms with van der Waals surface area (Å²) in [4.78, 5) is 44.8. The second-order valence-corrected chi connectivity index (χ2v) is 11.6. The molecule has 3 fully saturated rings. The Balaban J connectivity index is 1.64. The van der Waals surface area contributed by atoms with Gasteiger partial charge in [0, 0.05) is 31.5 Å². The summed E-state index contributed by atoms with van der Waals surface area (Å²) in [5.41, 5.74) is 1.02. The number of aliphatic hydroxyl groups is 1. The molecule has 3 aliphatic heterocycles. The minimum Gasteiger partial charge on any atom is -0.466 e. The maximum Gasteiger partial charge on any atom is 0.310 e. The third-order valence-electron chi connectivity index (χ3n) is 7.78. The predicted molar refractivity (Wildman–Crippen MR) is 140 cm³/mol. The molecule has 36 heavy (non-hydrogen) atoms. The quantitative estimate of drug-likeness (QED) is 0.247. The van der Waals surface area contributed by atoms with Crippen molar-refractivity contribution in [1.29, 1.82) is 0 Å². The van der Waals surface area contributed by atoms with Gasteiger partial charge < -0.3 is 19.6 Å². The monoisotopic (exact) mass is 514 g/mol. The number of unbranched alkanes of at least 4 members (excludes halogenated alkanes) is 3. The molecule has 1 N–H and O–H groups in total. The molecule has 5 atom stereocenters. The second kappa shape index (κ2) is 11.8. The molecule has 3 saturated heterocycles. The number of benzene rings is 1. The summed E-state index contributed by atoms with van der Waals surface area (Å²) >= 11 is 1.68. The smallest absolute Gasteiger partial charge is 0.310 e. The zero-order valence-corrected chi connectivity index (χ0v) is 22.0. The van der Waals surface area contributed by atoms with Gasteiger partial charge in [-0.2, -0.15) is 0 Å². The number of nitrogens with zero attached hydrogens (tertiary/aromatic N) is 2. The van der Waals surface area contributed by atoms with Gasteiger partial charge in [-0.1, -0.05) is 49.2 Å². The maximum absolute atomic E-state index is 14.3. The van der Waals surface area contributed by atoms with E-state index in [-0.39, 0.29) is 36.2 Å². The number of likely N-dealkylation sites (tertiary alicyclic amines) is 1. The van der Waals surface area contributed by atoms with Crippen LogP contribution in [0, 0.1) is 11.8 Å². The fourth-order valence-corrected chi connectivity index (χ4v) is 8.49. The summed E-state index contributed by atoms with van der Waals surface area (Å²) in [7, 11) is 0. The van der Waals surface area contributed by atoms with Crippen LogP contribution in [0.2, 0.25) is 0 Å². The number of fused-ring (bicyclic) bond motifs is 1. The van der Waals surface area contributed by atoms with E-state index in [9.17, 15) is 14.4 Å². The number of rotatable bonds is 13. The molecule has 1 aromatic carbocycles. The molecule has 0 saturated carbocycles. The van der Waals surface area contributed by atoms with E-state index in [1.54, 1.807) is 34.6 Å². The van der Waals surface area contributed by atoms with Crippen molar-refractivity contribution in [2.45, 2.75) is 68.0 Å². The molecular weight excluding hydrogens is 476 g/mol. The molecule has 2 unspecified atom stereocenters. The summed E-state index contributed by atoms with van der Waals surface area (Å²) in [5.74, 6) is -1.47. The largest absolute Gasteiger partial charge is 0.466 e. The van der Waals surface area contributed by atoms with Gasteiger partial charge in [-0.25, -0.2) is 0 Å². The summed E-state index contributed by atoms with van der Waals surface area (Å²) in [5, 5.41) is 9.12. The van der Waals surface area contributed by atoms with E-state index >= 15 is 0 Å². The van der Waals surface area contributed by atoms with Crippen molar-refractivity contribution in [2.24, 2.45) is 11.8 Å². The third kappa shape index (κ3) is 4.94. The highest BCUT2D eigenvalue weighted by atomic mass is 32.2. The molecule has 1 aromatic rings. The fourth-order valence-electron chi connectivity index (χ4n) is 6.29. The Morgan fingerprint density at radius 1 is 1.25 bits per heavy atom. The van der Waals surface area contributed by atoms with Crippen molar-refractivity contribution in [3.63, 3.8) is 0 Å². The molecule has 3 aliphatic rings. The lowest BCUT2D eigenvalue weighted by atomic mass is 9.71. The van der Waals surface area contributed by atoms with E-state index in [2.05, 4.69) is 6.58 Å². The van der Waals surface area contributed by atoms with Crippen molar-refractivity contribution < 1.29 is 24.2 Å². The van der Waals surface area contributed by atoms with Crippen molar-refractivity contribution in [1.82, 2.24) is 9.80 Å². The molecule has 4 rings (SSSR count). The fraction of sp³-hybridized carbons (Fsp3) is 0.607. The van der Waals surface area contributed by atoms with Gasteiger partial charge in [0.25, 0.3) is 0 Å². The Morgan fingerprint density at radius 2 is 2.00 bits per heavy atom. The molecule has 3 heterocycles. The Morgan fingerprint density at radius 3 is 2.69 bits per heavy atom. The number of ether oxygens (including phenoxy) is 1. The van der Waals surface area contributed by atoms with Crippen molar-refractivity contribution >= 4 is 29.5 Å². The van der Waals surface area contributed by atoms with Crippen LogP contribution in [0.3, 0.4) is 0 Å². The number of thioether (sulfide) groups is 1. The first-order chi connectivity index (χ1) is 17.5. The van der Waals surface area contributed by atoms with Crippen LogP contribution >= 0.6 is 11.8 Å². The molecular formula is C28H38N2O5S. The van der Waals surface area contributed by atoms with Crippen LogP contribution in [0.5, 0.6) is 0 Å². The van der Waals surface area contributed by atoms with E-state index in [4.69, 9.17) is 9.84 Å². The van der Waals surface area contributed by atoms with Crippen LogP contribution in [0.1, 0.15) is 51.0 Å². The molecule has 2 amide bonds. The number of hydrogen-bond donors (Lipinski definition) is 1. The standard InChI is InChI=1S/C28H38N2O5S/c1-3-16-29(19-20-12-8-7-9-13-20)26(33)24-28-15-14-21(36-28)22(27(34)35-4-2)23(28)25(32)30(24)17-10-5-6-11-18-31/h3,7-9,12-13,21-24,31H,1,4-6,10-11,14-19H2,2H3/t21-,22+,23-,24?,28?/m0/s1.